The molecule has 2 aromatic rings. The van der Waals surface area contributed by atoms with Gasteiger partial charge in [0.1, 0.15) is 5.82 Å². The number of sulfonamides is 1. The van der Waals surface area contributed by atoms with Crippen LogP contribution in [0.2, 0.25) is 5.02 Å². The van der Waals surface area contributed by atoms with Gasteiger partial charge in [-0.25, -0.2) is 12.8 Å². The predicted octanol–water partition coefficient (Wildman–Crippen LogP) is 4.12. The molecule has 130 valence electrons. The lowest BCUT2D eigenvalue weighted by atomic mass is 10.1. The summed E-state index contributed by atoms with van der Waals surface area (Å²) in [5, 5.41) is 3.79. The lowest BCUT2D eigenvalue weighted by molar-refractivity contribution is 0.295. The Hall–Kier alpha value is -1.44. The van der Waals surface area contributed by atoms with Crippen molar-refractivity contribution in [1.82, 2.24) is 9.46 Å². The molecule has 0 N–H and O–H groups in total. The molecule has 24 heavy (non-hydrogen) atoms. The first-order chi connectivity index (χ1) is 11.3. The second-order valence-electron chi connectivity index (χ2n) is 6.16. The summed E-state index contributed by atoms with van der Waals surface area (Å²) in [5.41, 5.74) is 0.791. The van der Waals surface area contributed by atoms with E-state index in [9.17, 15) is 12.8 Å². The molecular weight excluding hydrogens is 355 g/mol. The number of hydrogen-bond acceptors (Lipinski definition) is 4. The number of nitrogens with zero attached hydrogens (tertiary/aromatic N) is 2. The van der Waals surface area contributed by atoms with E-state index >= 15 is 0 Å². The maximum absolute atomic E-state index is 13.3. The minimum atomic E-state index is -3.79. The lowest BCUT2D eigenvalue weighted by Crippen LogP contribution is -2.30. The van der Waals surface area contributed by atoms with E-state index in [2.05, 4.69) is 5.16 Å². The van der Waals surface area contributed by atoms with Gasteiger partial charge in [0, 0.05) is 12.6 Å². The molecule has 0 spiro atoms. The van der Waals surface area contributed by atoms with Crippen molar-refractivity contribution < 1.29 is 17.3 Å². The molecule has 3 rings (SSSR count). The molecule has 0 aliphatic carbocycles. The van der Waals surface area contributed by atoms with Gasteiger partial charge >= 0.3 is 0 Å². The smallest absolute Gasteiger partial charge is 0.243 e. The van der Waals surface area contributed by atoms with Gasteiger partial charge in [-0.1, -0.05) is 30.6 Å². The molecular formula is C16H18ClFN2O3S. The molecule has 1 aromatic heterocycles. The average Bonchev–Trinajstić information content (AvgIpc) is 3.17. The third-order valence-corrected chi connectivity index (χ3v) is 6.36. The molecule has 0 amide bonds. The Morgan fingerprint density at radius 3 is 2.75 bits per heavy atom. The minimum absolute atomic E-state index is 0.0237. The predicted molar refractivity (Wildman–Crippen MR) is 87.9 cm³/mol. The van der Waals surface area contributed by atoms with Gasteiger partial charge in [-0.2, -0.15) is 4.31 Å². The molecule has 2 heterocycles. The van der Waals surface area contributed by atoms with E-state index in [0.717, 1.165) is 24.2 Å². The Bertz CT molecular complexity index is 851. The number of benzene rings is 1. The highest BCUT2D eigenvalue weighted by molar-refractivity contribution is 7.89. The second-order valence-corrected chi connectivity index (χ2v) is 8.46. The summed E-state index contributed by atoms with van der Waals surface area (Å²) in [6.45, 7) is 4.36. The lowest BCUT2D eigenvalue weighted by Gasteiger charge is -2.22. The normalized spacial score (nSPS) is 19.3. The van der Waals surface area contributed by atoms with E-state index in [1.165, 1.54) is 10.4 Å². The maximum Gasteiger partial charge on any atom is 0.243 e. The molecule has 5 nitrogen and oxygen atoms in total. The summed E-state index contributed by atoms with van der Waals surface area (Å²) in [4.78, 5) is -0.0237. The maximum atomic E-state index is 13.3. The zero-order valence-corrected chi connectivity index (χ0v) is 14.9. The van der Waals surface area contributed by atoms with Crippen molar-refractivity contribution in [3.8, 4) is 0 Å². The van der Waals surface area contributed by atoms with Crippen molar-refractivity contribution in [3.05, 3.63) is 46.6 Å². The van der Waals surface area contributed by atoms with Crippen LogP contribution in [0.1, 0.15) is 50.1 Å². The first-order valence-corrected chi connectivity index (χ1v) is 9.56. The van der Waals surface area contributed by atoms with E-state index in [-0.39, 0.29) is 15.8 Å². The van der Waals surface area contributed by atoms with Crippen LogP contribution in [-0.2, 0) is 10.0 Å². The summed E-state index contributed by atoms with van der Waals surface area (Å²) < 4.78 is 45.9. The van der Waals surface area contributed by atoms with E-state index < -0.39 is 21.9 Å². The highest BCUT2D eigenvalue weighted by atomic mass is 35.5. The number of halogens is 2. The third kappa shape index (κ3) is 3.08. The van der Waals surface area contributed by atoms with E-state index in [1.807, 2.05) is 13.8 Å². The fourth-order valence-electron chi connectivity index (χ4n) is 2.82. The highest BCUT2D eigenvalue weighted by Crippen LogP contribution is 2.37. The fourth-order valence-corrected chi connectivity index (χ4v) is 4.75. The summed E-state index contributed by atoms with van der Waals surface area (Å²) in [6, 6.07) is 4.83. The Balaban J connectivity index is 1.95. The van der Waals surface area contributed by atoms with E-state index in [1.54, 1.807) is 6.07 Å². The Kier molecular flexibility index (Phi) is 4.68. The zero-order valence-electron chi connectivity index (χ0n) is 13.4. The van der Waals surface area contributed by atoms with Crippen LogP contribution in [0.3, 0.4) is 0 Å². The van der Waals surface area contributed by atoms with Gasteiger partial charge < -0.3 is 4.52 Å². The number of hydrogen-bond donors (Lipinski definition) is 0. The van der Waals surface area contributed by atoms with E-state index in [4.69, 9.17) is 16.1 Å². The molecule has 1 fully saturated rings. The SMILES string of the molecule is CC(C)c1cc(C2CCCN2S(=O)(=O)c2ccc(F)c(Cl)c2)on1. The van der Waals surface area contributed by atoms with E-state index in [0.29, 0.717) is 18.7 Å². The molecule has 0 radical (unpaired) electrons. The van der Waals surface area contributed by atoms with Gasteiger partial charge in [-0.15, -0.1) is 0 Å². The fraction of sp³-hybridized carbons (Fsp3) is 0.438. The first kappa shape index (κ1) is 17.4. The van der Waals surface area contributed by atoms with Gasteiger partial charge in [-0.05, 0) is 37.0 Å². The minimum Gasteiger partial charge on any atom is -0.359 e. The summed E-state index contributed by atoms with van der Waals surface area (Å²) >= 11 is 5.73. The molecule has 1 saturated heterocycles. The molecule has 0 bridgehead atoms. The standard InChI is InChI=1S/C16H18ClFN2O3S/c1-10(2)14-9-16(23-19-14)15-4-3-7-20(15)24(21,22)11-5-6-13(18)12(17)8-11/h5-6,8-10,15H,3-4,7H2,1-2H3. The second kappa shape index (κ2) is 6.46. The van der Waals surface area contributed by atoms with Gasteiger partial charge in [-0.3, -0.25) is 0 Å². The highest BCUT2D eigenvalue weighted by Gasteiger charge is 2.38. The van der Waals surface area contributed by atoms with Crippen LogP contribution in [0.25, 0.3) is 0 Å². The summed E-state index contributed by atoms with van der Waals surface area (Å²) in [6.07, 6.45) is 1.37. The van der Waals surface area contributed by atoms with Crippen molar-refractivity contribution in [2.45, 2.75) is 43.5 Å². The van der Waals surface area contributed by atoms with Crippen molar-refractivity contribution in [1.29, 1.82) is 0 Å². The molecule has 1 unspecified atom stereocenters. The Morgan fingerprint density at radius 2 is 2.12 bits per heavy atom. The van der Waals surface area contributed by atoms with Gasteiger partial charge in [0.25, 0.3) is 0 Å². The monoisotopic (exact) mass is 372 g/mol. The molecule has 1 aromatic carbocycles. The molecule has 8 heteroatoms. The summed E-state index contributed by atoms with van der Waals surface area (Å²) in [5.74, 6) is 0.0863. The quantitative estimate of drug-likeness (QED) is 0.809. The van der Waals surface area contributed by atoms with Gasteiger partial charge in [0.05, 0.1) is 21.7 Å². The molecule has 1 atom stereocenters. The van der Waals surface area contributed by atoms with Crippen LogP contribution >= 0.6 is 11.6 Å². The Morgan fingerprint density at radius 1 is 1.38 bits per heavy atom. The van der Waals surface area contributed by atoms with Crippen molar-refractivity contribution >= 4 is 21.6 Å². The first-order valence-electron chi connectivity index (χ1n) is 7.74. The molecule has 1 aliphatic heterocycles. The van der Waals surface area contributed by atoms with Crippen LogP contribution in [-0.4, -0.2) is 24.4 Å². The van der Waals surface area contributed by atoms with Crippen LogP contribution in [0.4, 0.5) is 4.39 Å². The van der Waals surface area contributed by atoms with Crippen LogP contribution in [0.5, 0.6) is 0 Å². The van der Waals surface area contributed by atoms with Crippen LogP contribution < -0.4 is 0 Å². The number of rotatable bonds is 4. The van der Waals surface area contributed by atoms with Gasteiger partial charge in [0.2, 0.25) is 10.0 Å². The van der Waals surface area contributed by atoms with Crippen LogP contribution in [0, 0.1) is 5.82 Å². The third-order valence-electron chi connectivity index (χ3n) is 4.17. The van der Waals surface area contributed by atoms with Crippen molar-refractivity contribution in [2.24, 2.45) is 0 Å². The summed E-state index contributed by atoms with van der Waals surface area (Å²) in [7, 11) is -3.79. The molecule has 1 aliphatic rings. The van der Waals surface area contributed by atoms with Crippen LogP contribution in [0.15, 0.2) is 33.7 Å². The number of aromatic nitrogens is 1. The largest absolute Gasteiger partial charge is 0.359 e. The van der Waals surface area contributed by atoms with Crippen molar-refractivity contribution in [3.63, 3.8) is 0 Å². The topological polar surface area (TPSA) is 63.4 Å². The van der Waals surface area contributed by atoms with Gasteiger partial charge in [0.15, 0.2) is 5.76 Å². The molecule has 0 saturated carbocycles. The zero-order chi connectivity index (χ0) is 17.5. The Labute approximate surface area is 145 Å². The van der Waals surface area contributed by atoms with Crippen molar-refractivity contribution in [2.75, 3.05) is 6.54 Å². The average molecular weight is 373 g/mol.